The lowest BCUT2D eigenvalue weighted by Gasteiger charge is -2.12. The summed E-state index contributed by atoms with van der Waals surface area (Å²) in [7, 11) is 0. The van der Waals surface area contributed by atoms with Crippen molar-refractivity contribution in [1.82, 2.24) is 10.6 Å². The Morgan fingerprint density at radius 3 is 2.54 bits per heavy atom. The number of carbonyl (C=O) groups is 2. The number of nitrogens with two attached hydrogens (primary N) is 1. The maximum absolute atomic E-state index is 12.3. The zero-order valence-corrected chi connectivity index (χ0v) is 16.2. The molecule has 26 heavy (non-hydrogen) atoms. The van der Waals surface area contributed by atoms with Crippen LogP contribution in [0.1, 0.15) is 52.1 Å². The highest BCUT2D eigenvalue weighted by atomic mass is 35.5. The van der Waals surface area contributed by atoms with E-state index in [-0.39, 0.29) is 30.3 Å². The van der Waals surface area contributed by atoms with Crippen LogP contribution in [0.15, 0.2) is 42.5 Å². The molecule has 0 aliphatic heterocycles. The summed E-state index contributed by atoms with van der Waals surface area (Å²) in [6, 6.07) is 12.7. The van der Waals surface area contributed by atoms with E-state index in [0.717, 1.165) is 17.5 Å². The second-order valence-electron chi connectivity index (χ2n) is 6.24. The lowest BCUT2D eigenvalue weighted by Crippen LogP contribution is -2.32. The molecule has 0 aliphatic carbocycles. The fraction of sp³-hybridized carbons (Fsp3) is 0.300. The third-order valence-electron chi connectivity index (χ3n) is 4.14. The summed E-state index contributed by atoms with van der Waals surface area (Å²) in [4.78, 5) is 24.5. The Bertz CT molecular complexity index is 777. The standard InChI is InChI=1S/C20H25N3O2.ClH/c1-4-14(3)23-19(24)16-7-5-6-15(10-16)12-22-20(25)18-11-17(21)9-8-13(18)2;/h5-11,14H,4,12,21H2,1-3H3,(H,22,25)(H,23,24);1H. The fourth-order valence-corrected chi connectivity index (χ4v) is 2.39. The predicted molar refractivity (Wildman–Crippen MR) is 108 cm³/mol. The van der Waals surface area contributed by atoms with E-state index in [1.807, 2.05) is 39.0 Å². The van der Waals surface area contributed by atoms with E-state index < -0.39 is 0 Å². The number of benzene rings is 2. The Hall–Kier alpha value is -2.53. The van der Waals surface area contributed by atoms with Crippen LogP contribution < -0.4 is 16.4 Å². The van der Waals surface area contributed by atoms with E-state index in [1.165, 1.54) is 0 Å². The van der Waals surface area contributed by atoms with E-state index in [0.29, 0.717) is 23.4 Å². The number of hydrogen-bond acceptors (Lipinski definition) is 3. The Balaban J connectivity index is 0.00000338. The number of anilines is 1. The highest BCUT2D eigenvalue weighted by molar-refractivity contribution is 5.96. The number of halogens is 1. The number of amides is 2. The van der Waals surface area contributed by atoms with Crippen LogP contribution in [0, 0.1) is 6.92 Å². The monoisotopic (exact) mass is 375 g/mol. The Morgan fingerprint density at radius 1 is 1.12 bits per heavy atom. The third kappa shape index (κ3) is 5.77. The summed E-state index contributed by atoms with van der Waals surface area (Å²) in [5, 5.41) is 5.81. The van der Waals surface area contributed by atoms with Gasteiger partial charge in [0.25, 0.3) is 11.8 Å². The van der Waals surface area contributed by atoms with Crippen molar-refractivity contribution in [2.24, 2.45) is 0 Å². The predicted octanol–water partition coefficient (Wildman–Crippen LogP) is 3.46. The van der Waals surface area contributed by atoms with Crippen molar-refractivity contribution in [2.75, 3.05) is 5.73 Å². The Morgan fingerprint density at radius 2 is 1.85 bits per heavy atom. The van der Waals surface area contributed by atoms with Crippen molar-refractivity contribution in [3.8, 4) is 0 Å². The molecule has 2 aromatic rings. The third-order valence-corrected chi connectivity index (χ3v) is 4.14. The second-order valence-corrected chi connectivity index (χ2v) is 6.24. The zero-order chi connectivity index (χ0) is 18.4. The fourth-order valence-electron chi connectivity index (χ4n) is 2.39. The first-order chi connectivity index (χ1) is 11.9. The van der Waals surface area contributed by atoms with Crippen LogP contribution >= 0.6 is 12.4 Å². The SMILES string of the molecule is CCC(C)NC(=O)c1cccc(CNC(=O)c2cc(N)ccc2C)c1.Cl. The molecule has 140 valence electrons. The molecule has 0 aromatic heterocycles. The van der Waals surface area contributed by atoms with Gasteiger partial charge in [0.15, 0.2) is 0 Å². The molecule has 4 N–H and O–H groups in total. The smallest absolute Gasteiger partial charge is 0.251 e. The number of rotatable bonds is 6. The molecule has 0 heterocycles. The van der Waals surface area contributed by atoms with Gasteiger partial charge in [0.2, 0.25) is 0 Å². The summed E-state index contributed by atoms with van der Waals surface area (Å²) in [6.07, 6.45) is 0.876. The number of hydrogen-bond donors (Lipinski definition) is 3. The summed E-state index contributed by atoms with van der Waals surface area (Å²) >= 11 is 0. The first-order valence-electron chi connectivity index (χ1n) is 8.44. The topological polar surface area (TPSA) is 84.2 Å². The highest BCUT2D eigenvalue weighted by Crippen LogP contribution is 2.13. The van der Waals surface area contributed by atoms with Crippen LogP contribution in [0.4, 0.5) is 5.69 Å². The minimum absolute atomic E-state index is 0. The van der Waals surface area contributed by atoms with Crippen molar-refractivity contribution in [3.63, 3.8) is 0 Å². The first-order valence-corrected chi connectivity index (χ1v) is 8.44. The van der Waals surface area contributed by atoms with Crippen molar-refractivity contribution in [1.29, 1.82) is 0 Å². The lowest BCUT2D eigenvalue weighted by atomic mass is 10.1. The zero-order valence-electron chi connectivity index (χ0n) is 15.3. The van der Waals surface area contributed by atoms with E-state index in [9.17, 15) is 9.59 Å². The number of carbonyl (C=O) groups excluding carboxylic acids is 2. The summed E-state index contributed by atoms with van der Waals surface area (Å²) < 4.78 is 0. The normalized spacial score (nSPS) is 11.2. The van der Waals surface area contributed by atoms with Crippen LogP contribution in [-0.2, 0) is 6.54 Å². The van der Waals surface area contributed by atoms with Gasteiger partial charge in [0.1, 0.15) is 0 Å². The Kier molecular flexibility index (Phi) is 8.13. The highest BCUT2D eigenvalue weighted by Gasteiger charge is 2.11. The largest absolute Gasteiger partial charge is 0.399 e. The van der Waals surface area contributed by atoms with Crippen molar-refractivity contribution < 1.29 is 9.59 Å². The van der Waals surface area contributed by atoms with Crippen LogP contribution in [-0.4, -0.2) is 17.9 Å². The van der Waals surface area contributed by atoms with Gasteiger partial charge in [-0.25, -0.2) is 0 Å². The lowest BCUT2D eigenvalue weighted by molar-refractivity contribution is 0.0936. The van der Waals surface area contributed by atoms with E-state index in [2.05, 4.69) is 10.6 Å². The van der Waals surface area contributed by atoms with Gasteiger partial charge < -0.3 is 16.4 Å². The molecular weight excluding hydrogens is 350 g/mol. The molecule has 1 atom stereocenters. The summed E-state index contributed by atoms with van der Waals surface area (Å²) in [5.74, 6) is -0.284. The van der Waals surface area contributed by atoms with Crippen LogP contribution in [0.2, 0.25) is 0 Å². The van der Waals surface area contributed by atoms with Crippen molar-refractivity contribution >= 4 is 29.9 Å². The molecule has 0 spiro atoms. The van der Waals surface area contributed by atoms with Gasteiger partial charge >= 0.3 is 0 Å². The minimum Gasteiger partial charge on any atom is -0.399 e. The molecule has 6 heteroatoms. The van der Waals surface area contributed by atoms with Crippen molar-refractivity contribution in [2.45, 2.75) is 39.8 Å². The van der Waals surface area contributed by atoms with Gasteiger partial charge in [-0.1, -0.05) is 25.1 Å². The average molecular weight is 376 g/mol. The molecule has 0 aliphatic rings. The molecule has 0 saturated heterocycles. The molecule has 2 rings (SSSR count). The van der Waals surface area contributed by atoms with E-state index >= 15 is 0 Å². The van der Waals surface area contributed by atoms with E-state index in [4.69, 9.17) is 5.73 Å². The molecule has 5 nitrogen and oxygen atoms in total. The molecule has 2 aromatic carbocycles. The number of aryl methyl sites for hydroxylation is 1. The molecule has 0 bridgehead atoms. The maximum atomic E-state index is 12.3. The summed E-state index contributed by atoms with van der Waals surface area (Å²) in [5.41, 5.74) is 9.19. The molecule has 0 fully saturated rings. The quantitative estimate of drug-likeness (QED) is 0.676. The molecule has 1 unspecified atom stereocenters. The molecule has 0 saturated carbocycles. The van der Waals surface area contributed by atoms with Gasteiger partial charge in [0.05, 0.1) is 0 Å². The second kappa shape index (κ2) is 9.82. The minimum atomic E-state index is -0.181. The van der Waals surface area contributed by atoms with Crippen LogP contribution in [0.5, 0.6) is 0 Å². The van der Waals surface area contributed by atoms with Crippen LogP contribution in [0.3, 0.4) is 0 Å². The molecule has 2 amide bonds. The first kappa shape index (κ1) is 21.5. The van der Waals surface area contributed by atoms with Gasteiger partial charge in [0, 0.05) is 29.4 Å². The van der Waals surface area contributed by atoms with Gasteiger partial charge in [-0.2, -0.15) is 0 Å². The van der Waals surface area contributed by atoms with Crippen LogP contribution in [0.25, 0.3) is 0 Å². The molecule has 0 radical (unpaired) electrons. The van der Waals surface area contributed by atoms with Gasteiger partial charge in [-0.3, -0.25) is 9.59 Å². The van der Waals surface area contributed by atoms with E-state index in [1.54, 1.807) is 24.3 Å². The Labute approximate surface area is 160 Å². The summed E-state index contributed by atoms with van der Waals surface area (Å²) in [6.45, 7) is 6.21. The maximum Gasteiger partial charge on any atom is 0.251 e. The average Bonchev–Trinajstić information content (AvgIpc) is 2.61. The van der Waals surface area contributed by atoms with Gasteiger partial charge in [-0.15, -0.1) is 12.4 Å². The number of nitrogen functional groups attached to an aromatic ring is 1. The van der Waals surface area contributed by atoms with Gasteiger partial charge in [-0.05, 0) is 55.7 Å². The number of nitrogens with one attached hydrogen (secondary N) is 2. The molecular formula is C20H26ClN3O2. The van der Waals surface area contributed by atoms with Crippen molar-refractivity contribution in [3.05, 3.63) is 64.7 Å².